The van der Waals surface area contributed by atoms with Crippen molar-refractivity contribution in [1.29, 1.82) is 0 Å². The molecule has 1 rings (SSSR count). The Balaban J connectivity index is 2.02. The van der Waals surface area contributed by atoms with Crippen LogP contribution >= 0.6 is 0 Å². The van der Waals surface area contributed by atoms with Crippen LogP contribution in [-0.2, 0) is 0 Å². The highest BCUT2D eigenvalue weighted by Crippen LogP contribution is 2.36. The van der Waals surface area contributed by atoms with Crippen LogP contribution in [0.4, 0.5) is 0 Å². The summed E-state index contributed by atoms with van der Waals surface area (Å²) >= 11 is 0. The first-order valence-corrected chi connectivity index (χ1v) is 4.44. The maximum absolute atomic E-state index is 5.69. The van der Waals surface area contributed by atoms with Crippen LogP contribution in [0.25, 0.3) is 0 Å². The van der Waals surface area contributed by atoms with E-state index >= 15 is 0 Å². The van der Waals surface area contributed by atoms with Crippen LogP contribution in [0.1, 0.15) is 39.5 Å². The lowest BCUT2D eigenvalue weighted by molar-refractivity contribution is 0.429. The zero-order chi connectivity index (χ0) is 7.56. The van der Waals surface area contributed by atoms with E-state index in [9.17, 15) is 0 Å². The average molecular weight is 141 g/mol. The molecule has 0 aromatic carbocycles. The van der Waals surface area contributed by atoms with E-state index in [4.69, 9.17) is 5.73 Å². The van der Waals surface area contributed by atoms with Crippen LogP contribution < -0.4 is 5.73 Å². The van der Waals surface area contributed by atoms with Crippen molar-refractivity contribution in [2.45, 2.75) is 45.6 Å². The van der Waals surface area contributed by atoms with Gasteiger partial charge < -0.3 is 5.73 Å². The van der Waals surface area contributed by atoms with Gasteiger partial charge in [0.1, 0.15) is 0 Å². The molecule has 10 heavy (non-hydrogen) atoms. The predicted molar refractivity (Wildman–Crippen MR) is 44.8 cm³/mol. The molecule has 0 heterocycles. The van der Waals surface area contributed by atoms with Gasteiger partial charge in [0.25, 0.3) is 0 Å². The van der Waals surface area contributed by atoms with Crippen LogP contribution in [0.2, 0.25) is 0 Å². The summed E-state index contributed by atoms with van der Waals surface area (Å²) < 4.78 is 0. The van der Waals surface area contributed by atoms with Crippen molar-refractivity contribution >= 4 is 0 Å². The molecule has 1 aliphatic rings. The maximum Gasteiger partial charge on any atom is 0.00130 e. The molecular formula is C9H19N. The molecule has 1 aliphatic carbocycles. The lowest BCUT2D eigenvalue weighted by atomic mass is 9.97. The Hall–Kier alpha value is -0.0400. The van der Waals surface area contributed by atoms with E-state index < -0.39 is 0 Å². The quantitative estimate of drug-likeness (QED) is 0.638. The van der Waals surface area contributed by atoms with Gasteiger partial charge in [-0.15, -0.1) is 0 Å². The highest BCUT2D eigenvalue weighted by molar-refractivity contribution is 4.76. The van der Waals surface area contributed by atoms with Gasteiger partial charge in [0.2, 0.25) is 0 Å². The van der Waals surface area contributed by atoms with E-state index in [-0.39, 0.29) is 0 Å². The van der Waals surface area contributed by atoms with Crippen LogP contribution in [0.5, 0.6) is 0 Å². The molecule has 0 aromatic rings. The Morgan fingerprint density at radius 3 is 2.40 bits per heavy atom. The van der Waals surface area contributed by atoms with Crippen molar-refractivity contribution in [3.63, 3.8) is 0 Å². The zero-order valence-corrected chi connectivity index (χ0v) is 7.14. The molecule has 2 atom stereocenters. The van der Waals surface area contributed by atoms with Gasteiger partial charge in [-0.1, -0.05) is 19.8 Å². The molecule has 2 unspecified atom stereocenters. The minimum atomic E-state index is 0.397. The zero-order valence-electron chi connectivity index (χ0n) is 7.14. The second-order valence-electron chi connectivity index (χ2n) is 4.00. The summed E-state index contributed by atoms with van der Waals surface area (Å²) in [6, 6.07) is 0.397. The van der Waals surface area contributed by atoms with E-state index in [0.29, 0.717) is 6.04 Å². The maximum atomic E-state index is 5.69. The minimum absolute atomic E-state index is 0.397. The van der Waals surface area contributed by atoms with Gasteiger partial charge in [-0.3, -0.25) is 0 Å². The molecule has 0 amide bonds. The second kappa shape index (κ2) is 3.38. The summed E-state index contributed by atoms with van der Waals surface area (Å²) in [7, 11) is 0. The Bertz CT molecular complexity index is 90.9. The Morgan fingerprint density at radius 2 is 2.00 bits per heavy atom. The largest absolute Gasteiger partial charge is 0.328 e. The fraction of sp³-hybridized carbons (Fsp3) is 1.00. The number of rotatable bonds is 4. The normalized spacial score (nSPS) is 24.3. The Morgan fingerprint density at radius 1 is 1.40 bits per heavy atom. The molecule has 0 radical (unpaired) electrons. The SMILES string of the molecule is CC(N)CC(C)CC1CC1. The fourth-order valence-corrected chi connectivity index (χ4v) is 1.65. The summed E-state index contributed by atoms with van der Waals surface area (Å²) in [5, 5.41) is 0. The molecule has 1 heteroatoms. The molecule has 60 valence electrons. The van der Waals surface area contributed by atoms with Crippen molar-refractivity contribution < 1.29 is 0 Å². The molecule has 0 saturated heterocycles. The second-order valence-corrected chi connectivity index (χ2v) is 4.00. The molecule has 0 bridgehead atoms. The molecule has 1 fully saturated rings. The van der Waals surface area contributed by atoms with Gasteiger partial charge in [0.15, 0.2) is 0 Å². The highest BCUT2D eigenvalue weighted by atomic mass is 14.6. The van der Waals surface area contributed by atoms with E-state index in [2.05, 4.69) is 13.8 Å². The number of nitrogens with two attached hydrogens (primary N) is 1. The predicted octanol–water partition coefficient (Wildman–Crippen LogP) is 2.16. The van der Waals surface area contributed by atoms with Crippen LogP contribution in [0.15, 0.2) is 0 Å². The third kappa shape index (κ3) is 3.21. The Labute approximate surface area is 64.0 Å². The summed E-state index contributed by atoms with van der Waals surface area (Å²) in [4.78, 5) is 0. The van der Waals surface area contributed by atoms with Gasteiger partial charge in [0.05, 0.1) is 0 Å². The van der Waals surface area contributed by atoms with Crippen molar-refractivity contribution in [3.8, 4) is 0 Å². The van der Waals surface area contributed by atoms with Gasteiger partial charge >= 0.3 is 0 Å². The molecule has 2 N–H and O–H groups in total. The Kier molecular flexibility index (Phi) is 2.72. The third-order valence-corrected chi connectivity index (χ3v) is 2.21. The first-order chi connectivity index (χ1) is 4.68. The summed E-state index contributed by atoms with van der Waals surface area (Å²) in [5.41, 5.74) is 5.69. The van der Waals surface area contributed by atoms with E-state index in [0.717, 1.165) is 11.8 Å². The van der Waals surface area contributed by atoms with Crippen molar-refractivity contribution in [2.75, 3.05) is 0 Å². The smallest absolute Gasteiger partial charge is 0.00130 e. The van der Waals surface area contributed by atoms with Gasteiger partial charge in [0, 0.05) is 6.04 Å². The first kappa shape index (κ1) is 8.06. The van der Waals surface area contributed by atoms with E-state index in [1.54, 1.807) is 0 Å². The molecule has 0 spiro atoms. The van der Waals surface area contributed by atoms with Crippen molar-refractivity contribution in [2.24, 2.45) is 17.6 Å². The molecular weight excluding hydrogens is 122 g/mol. The first-order valence-electron chi connectivity index (χ1n) is 4.44. The topological polar surface area (TPSA) is 26.0 Å². The fourth-order valence-electron chi connectivity index (χ4n) is 1.65. The molecule has 0 aromatic heterocycles. The van der Waals surface area contributed by atoms with Crippen molar-refractivity contribution in [1.82, 2.24) is 0 Å². The van der Waals surface area contributed by atoms with Gasteiger partial charge in [-0.2, -0.15) is 0 Å². The summed E-state index contributed by atoms with van der Waals surface area (Å²) in [5.74, 6) is 1.92. The van der Waals surface area contributed by atoms with Crippen molar-refractivity contribution in [3.05, 3.63) is 0 Å². The lowest BCUT2D eigenvalue weighted by Crippen LogP contribution is -2.18. The molecule has 0 aliphatic heterocycles. The molecule has 1 saturated carbocycles. The van der Waals surface area contributed by atoms with Crippen LogP contribution in [0, 0.1) is 11.8 Å². The van der Waals surface area contributed by atoms with Crippen LogP contribution in [0.3, 0.4) is 0 Å². The van der Waals surface area contributed by atoms with Gasteiger partial charge in [-0.25, -0.2) is 0 Å². The average Bonchev–Trinajstić information content (AvgIpc) is 2.46. The van der Waals surface area contributed by atoms with Crippen LogP contribution in [-0.4, -0.2) is 6.04 Å². The third-order valence-electron chi connectivity index (χ3n) is 2.21. The van der Waals surface area contributed by atoms with E-state index in [1.165, 1.54) is 25.7 Å². The minimum Gasteiger partial charge on any atom is -0.328 e. The summed E-state index contributed by atoms with van der Waals surface area (Å²) in [6.07, 6.45) is 5.57. The standard InChI is InChI=1S/C9H19N/c1-7(5-8(2)10)6-9-3-4-9/h7-9H,3-6,10H2,1-2H3. The number of hydrogen-bond donors (Lipinski definition) is 1. The molecule has 1 nitrogen and oxygen atoms in total. The monoisotopic (exact) mass is 141 g/mol. The van der Waals surface area contributed by atoms with E-state index in [1.807, 2.05) is 0 Å². The summed E-state index contributed by atoms with van der Waals surface area (Å²) in [6.45, 7) is 4.42. The van der Waals surface area contributed by atoms with Gasteiger partial charge in [-0.05, 0) is 31.6 Å². The lowest BCUT2D eigenvalue weighted by Gasteiger charge is -2.12. The number of hydrogen-bond acceptors (Lipinski definition) is 1. The highest BCUT2D eigenvalue weighted by Gasteiger charge is 2.23.